The molecule has 0 fully saturated rings. The molecule has 2 aromatic carbocycles. The van der Waals surface area contributed by atoms with Gasteiger partial charge in [-0.1, -0.05) is 66.0 Å². The fourth-order valence-electron chi connectivity index (χ4n) is 3.19. The lowest BCUT2D eigenvalue weighted by Gasteiger charge is -2.30. The highest BCUT2D eigenvalue weighted by Gasteiger charge is 2.28. The molecule has 1 atom stereocenters. The molecule has 0 bridgehead atoms. The van der Waals surface area contributed by atoms with Crippen LogP contribution in [0.3, 0.4) is 0 Å². The molecule has 162 valence electrons. The number of amides is 2. The molecule has 0 saturated carbocycles. The summed E-state index contributed by atoms with van der Waals surface area (Å²) in [6, 6.07) is 14.8. The first kappa shape index (κ1) is 23.9. The minimum Gasteiger partial charge on any atom is -0.484 e. The van der Waals surface area contributed by atoms with Gasteiger partial charge in [-0.05, 0) is 49.6 Å². The van der Waals surface area contributed by atoms with Crippen LogP contribution in [0.15, 0.2) is 53.0 Å². The van der Waals surface area contributed by atoms with Crippen LogP contribution in [0.1, 0.15) is 44.2 Å². The Kier molecular flexibility index (Phi) is 9.87. The second-order valence-corrected chi connectivity index (χ2v) is 8.24. The van der Waals surface area contributed by atoms with E-state index in [1.165, 1.54) is 0 Å². The molecule has 0 saturated heterocycles. The Bertz CT molecular complexity index is 823. The molecule has 1 unspecified atom stereocenters. The molecule has 0 radical (unpaired) electrons. The van der Waals surface area contributed by atoms with E-state index in [0.29, 0.717) is 25.3 Å². The Morgan fingerprint density at radius 1 is 1.13 bits per heavy atom. The quantitative estimate of drug-likeness (QED) is 0.473. The van der Waals surface area contributed by atoms with Crippen molar-refractivity contribution in [1.82, 2.24) is 10.2 Å². The molecule has 0 aromatic heterocycles. The van der Waals surface area contributed by atoms with E-state index in [1.54, 1.807) is 17.0 Å². The molecule has 0 spiro atoms. The number of halogens is 1. The summed E-state index contributed by atoms with van der Waals surface area (Å²) in [5.74, 6) is 0.287. The highest BCUT2D eigenvalue weighted by atomic mass is 79.9. The fourth-order valence-corrected chi connectivity index (χ4v) is 3.46. The van der Waals surface area contributed by atoms with Gasteiger partial charge in [-0.2, -0.15) is 0 Å². The van der Waals surface area contributed by atoms with Crippen molar-refractivity contribution in [2.45, 2.75) is 52.6 Å². The van der Waals surface area contributed by atoms with Crippen LogP contribution in [-0.4, -0.2) is 35.9 Å². The third kappa shape index (κ3) is 7.48. The monoisotopic (exact) mass is 474 g/mol. The van der Waals surface area contributed by atoms with Crippen molar-refractivity contribution in [2.24, 2.45) is 0 Å². The molecule has 2 amide bonds. The molecule has 0 aliphatic heterocycles. The SMILES string of the molecule is CCCCNC(=O)C(CC)N(Cc1cccc(C)c1)C(=O)COc1ccc(Br)cc1. The molecule has 0 aliphatic rings. The molecule has 30 heavy (non-hydrogen) atoms. The van der Waals surface area contributed by atoms with Gasteiger partial charge in [0.2, 0.25) is 5.91 Å². The smallest absolute Gasteiger partial charge is 0.261 e. The summed E-state index contributed by atoms with van der Waals surface area (Å²) in [6.07, 6.45) is 2.46. The molecule has 1 N–H and O–H groups in total. The second kappa shape index (κ2) is 12.4. The summed E-state index contributed by atoms with van der Waals surface area (Å²) in [5, 5.41) is 2.97. The van der Waals surface area contributed by atoms with Crippen LogP contribution in [-0.2, 0) is 16.1 Å². The number of benzene rings is 2. The lowest BCUT2D eigenvalue weighted by molar-refractivity contribution is -0.143. The molecule has 6 heteroatoms. The van der Waals surface area contributed by atoms with Gasteiger partial charge in [-0.3, -0.25) is 9.59 Å². The van der Waals surface area contributed by atoms with Crippen molar-refractivity contribution in [2.75, 3.05) is 13.2 Å². The van der Waals surface area contributed by atoms with Crippen LogP contribution in [0.25, 0.3) is 0 Å². The zero-order valence-electron chi connectivity index (χ0n) is 18.0. The zero-order chi connectivity index (χ0) is 21.9. The van der Waals surface area contributed by atoms with Crippen LogP contribution in [0.2, 0.25) is 0 Å². The van der Waals surface area contributed by atoms with Gasteiger partial charge in [0.05, 0.1) is 0 Å². The average molecular weight is 475 g/mol. The highest BCUT2D eigenvalue weighted by molar-refractivity contribution is 9.10. The van der Waals surface area contributed by atoms with Crippen molar-refractivity contribution in [3.8, 4) is 5.75 Å². The van der Waals surface area contributed by atoms with Gasteiger partial charge < -0.3 is 15.0 Å². The lowest BCUT2D eigenvalue weighted by atomic mass is 10.1. The number of carbonyl (C=O) groups is 2. The topological polar surface area (TPSA) is 58.6 Å². The van der Waals surface area contributed by atoms with Gasteiger partial charge in [0.25, 0.3) is 5.91 Å². The number of hydrogen-bond donors (Lipinski definition) is 1. The minimum absolute atomic E-state index is 0.115. The summed E-state index contributed by atoms with van der Waals surface area (Å²) in [5.41, 5.74) is 2.11. The predicted octanol–water partition coefficient (Wildman–Crippen LogP) is 4.86. The Balaban J connectivity index is 2.16. The number of unbranched alkanes of at least 4 members (excludes halogenated alkanes) is 1. The summed E-state index contributed by atoms with van der Waals surface area (Å²) in [7, 11) is 0. The van der Waals surface area contributed by atoms with Crippen molar-refractivity contribution in [3.05, 3.63) is 64.1 Å². The number of carbonyl (C=O) groups excluding carboxylic acids is 2. The summed E-state index contributed by atoms with van der Waals surface area (Å²) in [4.78, 5) is 27.6. The van der Waals surface area contributed by atoms with Gasteiger partial charge >= 0.3 is 0 Å². The maximum atomic E-state index is 13.1. The maximum Gasteiger partial charge on any atom is 0.261 e. The standard InChI is InChI=1S/C24H31BrN2O3/c1-4-6-14-26-24(29)22(5-2)27(16-19-9-7-8-18(3)15-19)23(28)17-30-21-12-10-20(25)11-13-21/h7-13,15,22H,4-6,14,16-17H2,1-3H3,(H,26,29). The Labute approximate surface area is 187 Å². The third-order valence-corrected chi connectivity index (χ3v) is 5.36. The molecule has 0 aliphatic carbocycles. The van der Waals surface area contributed by atoms with E-state index >= 15 is 0 Å². The average Bonchev–Trinajstić information content (AvgIpc) is 2.73. The van der Waals surface area contributed by atoms with Gasteiger partial charge in [0.15, 0.2) is 6.61 Å². The van der Waals surface area contributed by atoms with E-state index in [-0.39, 0.29) is 18.4 Å². The Morgan fingerprint density at radius 2 is 1.87 bits per heavy atom. The van der Waals surface area contributed by atoms with E-state index in [9.17, 15) is 9.59 Å². The number of hydrogen-bond acceptors (Lipinski definition) is 3. The van der Waals surface area contributed by atoms with E-state index in [2.05, 4.69) is 28.2 Å². The second-order valence-electron chi connectivity index (χ2n) is 7.32. The van der Waals surface area contributed by atoms with Crippen LogP contribution in [0, 0.1) is 6.92 Å². The van der Waals surface area contributed by atoms with Gasteiger partial charge in [-0.25, -0.2) is 0 Å². The van der Waals surface area contributed by atoms with Crippen LogP contribution >= 0.6 is 15.9 Å². The van der Waals surface area contributed by atoms with E-state index < -0.39 is 6.04 Å². The normalized spacial score (nSPS) is 11.6. The first-order chi connectivity index (χ1) is 14.4. The number of rotatable bonds is 11. The number of ether oxygens (including phenoxy) is 1. The van der Waals surface area contributed by atoms with Gasteiger partial charge in [0, 0.05) is 17.6 Å². The van der Waals surface area contributed by atoms with E-state index in [1.807, 2.05) is 50.2 Å². The largest absolute Gasteiger partial charge is 0.484 e. The lowest BCUT2D eigenvalue weighted by Crippen LogP contribution is -2.50. The summed E-state index contributed by atoms with van der Waals surface area (Å²) in [6.45, 7) is 6.89. The van der Waals surface area contributed by atoms with Crippen LogP contribution in [0.4, 0.5) is 0 Å². The number of aryl methyl sites for hydroxylation is 1. The predicted molar refractivity (Wildman–Crippen MR) is 123 cm³/mol. The van der Waals surface area contributed by atoms with Crippen molar-refractivity contribution < 1.29 is 14.3 Å². The molecule has 5 nitrogen and oxygen atoms in total. The van der Waals surface area contributed by atoms with Crippen molar-refractivity contribution in [3.63, 3.8) is 0 Å². The third-order valence-electron chi connectivity index (χ3n) is 4.83. The molecule has 2 rings (SSSR count). The molecular formula is C24H31BrN2O3. The summed E-state index contributed by atoms with van der Waals surface area (Å²) < 4.78 is 6.64. The number of nitrogens with one attached hydrogen (secondary N) is 1. The zero-order valence-corrected chi connectivity index (χ0v) is 19.6. The first-order valence-corrected chi connectivity index (χ1v) is 11.2. The molecule has 0 heterocycles. The Hall–Kier alpha value is -2.34. The van der Waals surface area contributed by atoms with Crippen molar-refractivity contribution >= 4 is 27.7 Å². The maximum absolute atomic E-state index is 13.1. The van der Waals surface area contributed by atoms with Gasteiger partial charge in [-0.15, -0.1) is 0 Å². The minimum atomic E-state index is -0.539. The fraction of sp³-hybridized carbons (Fsp3) is 0.417. The molecule has 2 aromatic rings. The van der Waals surface area contributed by atoms with E-state index in [0.717, 1.165) is 28.4 Å². The van der Waals surface area contributed by atoms with Crippen LogP contribution < -0.4 is 10.1 Å². The van der Waals surface area contributed by atoms with Crippen molar-refractivity contribution in [1.29, 1.82) is 0 Å². The van der Waals surface area contributed by atoms with Gasteiger partial charge in [0.1, 0.15) is 11.8 Å². The summed E-state index contributed by atoms with van der Waals surface area (Å²) >= 11 is 3.39. The molecular weight excluding hydrogens is 444 g/mol. The van der Waals surface area contributed by atoms with E-state index in [4.69, 9.17) is 4.74 Å². The Morgan fingerprint density at radius 3 is 2.50 bits per heavy atom. The van der Waals surface area contributed by atoms with Crippen LogP contribution in [0.5, 0.6) is 5.75 Å². The number of nitrogens with zero attached hydrogens (tertiary/aromatic N) is 1. The first-order valence-electron chi connectivity index (χ1n) is 10.5. The highest BCUT2D eigenvalue weighted by Crippen LogP contribution is 2.18.